The summed E-state index contributed by atoms with van der Waals surface area (Å²) in [5.41, 5.74) is 0.837. The first-order valence-corrected chi connectivity index (χ1v) is 8.04. The standard InChI is InChI=1S/C12H17N3O3S/c1-9-2-4-14-11(15-9)18-6-10-3-5-19(16,17)12(10)7-13-8-12/h2,4,10,13H,3,5-8H2,1H3. The molecule has 1 aromatic heterocycles. The van der Waals surface area contributed by atoms with Crippen LogP contribution < -0.4 is 10.1 Å². The fourth-order valence-corrected chi connectivity index (χ4v) is 5.14. The van der Waals surface area contributed by atoms with E-state index < -0.39 is 14.6 Å². The highest BCUT2D eigenvalue weighted by molar-refractivity contribution is 7.93. The summed E-state index contributed by atoms with van der Waals surface area (Å²) in [6, 6.07) is 2.12. The molecule has 0 bridgehead atoms. The van der Waals surface area contributed by atoms with Gasteiger partial charge in [-0.05, 0) is 19.4 Å². The molecule has 1 spiro atoms. The first kappa shape index (κ1) is 12.8. The van der Waals surface area contributed by atoms with Crippen LogP contribution in [0.4, 0.5) is 0 Å². The summed E-state index contributed by atoms with van der Waals surface area (Å²) < 4.78 is 29.2. The van der Waals surface area contributed by atoms with E-state index in [4.69, 9.17) is 4.74 Å². The van der Waals surface area contributed by atoms with Crippen LogP contribution in [0.1, 0.15) is 12.1 Å². The van der Waals surface area contributed by atoms with Crippen molar-refractivity contribution < 1.29 is 13.2 Å². The van der Waals surface area contributed by atoms with E-state index in [0.717, 1.165) is 5.69 Å². The van der Waals surface area contributed by atoms with E-state index in [1.807, 2.05) is 6.92 Å². The molecule has 6 nitrogen and oxygen atoms in total. The lowest BCUT2D eigenvalue weighted by atomic mass is 9.85. The Labute approximate surface area is 112 Å². The van der Waals surface area contributed by atoms with Gasteiger partial charge >= 0.3 is 6.01 Å². The molecule has 104 valence electrons. The largest absolute Gasteiger partial charge is 0.463 e. The summed E-state index contributed by atoms with van der Waals surface area (Å²) in [5, 5.41) is 3.07. The van der Waals surface area contributed by atoms with Gasteiger partial charge in [-0.1, -0.05) is 0 Å². The summed E-state index contributed by atoms with van der Waals surface area (Å²) >= 11 is 0. The van der Waals surface area contributed by atoms with Crippen LogP contribution >= 0.6 is 0 Å². The van der Waals surface area contributed by atoms with Gasteiger partial charge in [0.2, 0.25) is 0 Å². The molecule has 0 saturated carbocycles. The van der Waals surface area contributed by atoms with Gasteiger partial charge in [0.1, 0.15) is 4.75 Å². The minimum absolute atomic E-state index is 0.0304. The number of aryl methyl sites for hydroxylation is 1. The Morgan fingerprint density at radius 1 is 1.53 bits per heavy atom. The van der Waals surface area contributed by atoms with Gasteiger partial charge < -0.3 is 10.1 Å². The molecule has 1 N–H and O–H groups in total. The Hall–Kier alpha value is -1.21. The van der Waals surface area contributed by atoms with Gasteiger partial charge in [0.25, 0.3) is 0 Å². The van der Waals surface area contributed by atoms with Crippen molar-refractivity contribution >= 4 is 9.84 Å². The van der Waals surface area contributed by atoms with Crippen molar-refractivity contribution in [3.05, 3.63) is 18.0 Å². The van der Waals surface area contributed by atoms with Gasteiger partial charge in [-0.25, -0.2) is 18.4 Å². The fourth-order valence-electron chi connectivity index (χ4n) is 2.80. The number of nitrogens with one attached hydrogen (secondary N) is 1. The Morgan fingerprint density at radius 2 is 2.32 bits per heavy atom. The van der Waals surface area contributed by atoms with Crippen LogP contribution in [0.15, 0.2) is 12.3 Å². The van der Waals surface area contributed by atoms with Crippen molar-refractivity contribution in [2.75, 3.05) is 25.4 Å². The summed E-state index contributed by atoms with van der Waals surface area (Å²) in [6.45, 7) is 3.31. The molecule has 1 aromatic rings. The zero-order chi connectivity index (χ0) is 13.5. The SMILES string of the molecule is Cc1ccnc(OCC2CCS(=O)(=O)C23CNC3)n1. The molecule has 2 aliphatic rings. The van der Waals surface area contributed by atoms with Crippen LogP contribution in [0.5, 0.6) is 6.01 Å². The molecule has 0 aliphatic carbocycles. The normalized spacial score (nSPS) is 27.1. The van der Waals surface area contributed by atoms with Crippen molar-refractivity contribution in [1.29, 1.82) is 0 Å². The molecule has 3 rings (SSSR count). The van der Waals surface area contributed by atoms with Gasteiger partial charge in [0, 0.05) is 30.9 Å². The maximum absolute atomic E-state index is 12.1. The van der Waals surface area contributed by atoms with Crippen molar-refractivity contribution in [1.82, 2.24) is 15.3 Å². The third-order valence-electron chi connectivity index (χ3n) is 4.13. The van der Waals surface area contributed by atoms with E-state index in [2.05, 4.69) is 15.3 Å². The van der Waals surface area contributed by atoms with Crippen LogP contribution in [0, 0.1) is 12.8 Å². The number of rotatable bonds is 3. The fraction of sp³-hybridized carbons (Fsp3) is 0.667. The van der Waals surface area contributed by atoms with E-state index >= 15 is 0 Å². The lowest BCUT2D eigenvalue weighted by molar-refractivity contribution is 0.169. The smallest absolute Gasteiger partial charge is 0.316 e. The number of sulfone groups is 1. The van der Waals surface area contributed by atoms with E-state index in [1.165, 1.54) is 0 Å². The third-order valence-corrected chi connectivity index (χ3v) is 6.77. The summed E-state index contributed by atoms with van der Waals surface area (Å²) in [7, 11) is -2.99. The van der Waals surface area contributed by atoms with Gasteiger partial charge in [0.15, 0.2) is 9.84 Å². The maximum atomic E-state index is 12.1. The molecular weight excluding hydrogens is 266 g/mol. The highest BCUT2D eigenvalue weighted by Gasteiger charge is 2.58. The van der Waals surface area contributed by atoms with E-state index in [9.17, 15) is 8.42 Å². The number of hydrogen-bond donors (Lipinski definition) is 1. The van der Waals surface area contributed by atoms with Gasteiger partial charge in [-0.15, -0.1) is 0 Å². The molecule has 7 heteroatoms. The predicted molar refractivity (Wildman–Crippen MR) is 69.8 cm³/mol. The minimum atomic E-state index is -2.99. The Bertz CT molecular complexity index is 584. The summed E-state index contributed by atoms with van der Waals surface area (Å²) in [6.07, 6.45) is 2.31. The van der Waals surface area contributed by atoms with Gasteiger partial charge in [-0.3, -0.25) is 0 Å². The topological polar surface area (TPSA) is 81.2 Å². The first-order chi connectivity index (χ1) is 9.03. The van der Waals surface area contributed by atoms with Crippen LogP contribution in [0.3, 0.4) is 0 Å². The van der Waals surface area contributed by atoms with Gasteiger partial charge in [0.05, 0.1) is 12.4 Å². The lowest BCUT2D eigenvalue weighted by Gasteiger charge is -2.42. The molecule has 19 heavy (non-hydrogen) atoms. The predicted octanol–water partition coefficient (Wildman–Crippen LogP) is -0.0595. The van der Waals surface area contributed by atoms with Crippen LogP contribution in [-0.2, 0) is 9.84 Å². The maximum Gasteiger partial charge on any atom is 0.316 e. The van der Waals surface area contributed by atoms with Crippen molar-refractivity contribution in [3.63, 3.8) is 0 Å². The molecule has 0 amide bonds. The second-order valence-corrected chi connectivity index (χ2v) is 7.72. The summed E-state index contributed by atoms with van der Waals surface area (Å²) in [4.78, 5) is 8.19. The molecule has 2 saturated heterocycles. The third kappa shape index (κ3) is 2.01. The first-order valence-electron chi connectivity index (χ1n) is 6.39. The van der Waals surface area contributed by atoms with Gasteiger partial charge in [-0.2, -0.15) is 0 Å². The van der Waals surface area contributed by atoms with E-state index in [1.54, 1.807) is 12.3 Å². The van der Waals surface area contributed by atoms with Crippen LogP contribution in [0.25, 0.3) is 0 Å². The molecule has 2 fully saturated rings. The quantitative estimate of drug-likeness (QED) is 0.837. The zero-order valence-electron chi connectivity index (χ0n) is 10.8. The molecule has 1 atom stereocenters. The Morgan fingerprint density at radius 3 is 2.95 bits per heavy atom. The second-order valence-electron chi connectivity index (χ2n) is 5.26. The number of aromatic nitrogens is 2. The van der Waals surface area contributed by atoms with Crippen molar-refractivity contribution in [2.45, 2.75) is 18.1 Å². The van der Waals surface area contributed by atoms with Crippen LogP contribution in [0.2, 0.25) is 0 Å². The number of hydrogen-bond acceptors (Lipinski definition) is 6. The molecule has 0 aromatic carbocycles. The highest BCUT2D eigenvalue weighted by atomic mass is 32.2. The molecule has 3 heterocycles. The molecule has 0 radical (unpaired) electrons. The minimum Gasteiger partial charge on any atom is -0.463 e. The lowest BCUT2D eigenvalue weighted by Crippen LogP contribution is -2.66. The Kier molecular flexibility index (Phi) is 2.98. The zero-order valence-corrected chi connectivity index (χ0v) is 11.6. The highest BCUT2D eigenvalue weighted by Crippen LogP contribution is 2.40. The Balaban J connectivity index is 1.71. The monoisotopic (exact) mass is 283 g/mol. The molecule has 1 unspecified atom stereocenters. The molecular formula is C12H17N3O3S. The van der Waals surface area contributed by atoms with Crippen molar-refractivity contribution in [2.24, 2.45) is 5.92 Å². The molecule has 2 aliphatic heterocycles. The van der Waals surface area contributed by atoms with E-state index in [0.29, 0.717) is 32.1 Å². The summed E-state index contributed by atoms with van der Waals surface area (Å²) in [5.74, 6) is 0.292. The second kappa shape index (κ2) is 4.42. The van der Waals surface area contributed by atoms with E-state index in [-0.39, 0.29) is 11.7 Å². The van der Waals surface area contributed by atoms with Crippen LogP contribution in [-0.4, -0.2) is 48.6 Å². The average molecular weight is 283 g/mol. The average Bonchev–Trinajstić information content (AvgIpc) is 2.57. The van der Waals surface area contributed by atoms with Crippen molar-refractivity contribution in [3.8, 4) is 6.01 Å². The number of nitrogens with zero attached hydrogens (tertiary/aromatic N) is 2. The number of ether oxygens (including phenoxy) is 1.